The van der Waals surface area contributed by atoms with Gasteiger partial charge in [0, 0.05) is 22.1 Å². The number of hydrogen-bond acceptors (Lipinski definition) is 2. The summed E-state index contributed by atoms with van der Waals surface area (Å²) >= 11 is 9.52. The fraction of sp³-hybridized carbons (Fsp3) is 0.562. The Kier molecular flexibility index (Phi) is 5.20. The highest BCUT2D eigenvalue weighted by Gasteiger charge is 2.32. The summed E-state index contributed by atoms with van der Waals surface area (Å²) in [6, 6.07) is 5.99. The van der Waals surface area contributed by atoms with Gasteiger partial charge in [-0.25, -0.2) is 4.79 Å². The summed E-state index contributed by atoms with van der Waals surface area (Å²) in [6.45, 7) is 6.19. The van der Waals surface area contributed by atoms with E-state index in [-0.39, 0.29) is 12.1 Å². The zero-order chi connectivity index (χ0) is 15.6. The molecule has 3 nitrogen and oxygen atoms in total. The standard InChI is InChI=1S/C16H21BrClNO2/c1-16(2,3)21-15(20)19(14-5-4-6-14)10-11-7-12(17)9-13(18)8-11/h7-9,14H,4-6,10H2,1-3H3. The highest BCUT2D eigenvalue weighted by Crippen LogP contribution is 2.29. The minimum Gasteiger partial charge on any atom is -0.444 e. The van der Waals surface area contributed by atoms with Crippen LogP contribution in [0.25, 0.3) is 0 Å². The third-order valence-corrected chi connectivity index (χ3v) is 4.09. The highest BCUT2D eigenvalue weighted by molar-refractivity contribution is 9.10. The van der Waals surface area contributed by atoms with Crippen molar-refractivity contribution in [1.82, 2.24) is 4.90 Å². The van der Waals surface area contributed by atoms with Gasteiger partial charge in [-0.1, -0.05) is 27.5 Å². The molecule has 0 heterocycles. The van der Waals surface area contributed by atoms with E-state index < -0.39 is 5.60 Å². The van der Waals surface area contributed by atoms with Crippen LogP contribution in [0.5, 0.6) is 0 Å². The van der Waals surface area contributed by atoms with Crippen molar-refractivity contribution in [2.75, 3.05) is 0 Å². The van der Waals surface area contributed by atoms with Gasteiger partial charge < -0.3 is 9.64 Å². The van der Waals surface area contributed by atoms with E-state index in [0.29, 0.717) is 11.6 Å². The molecule has 0 aliphatic heterocycles. The molecule has 0 spiro atoms. The molecule has 0 unspecified atom stereocenters. The molecule has 0 aromatic heterocycles. The van der Waals surface area contributed by atoms with Crippen molar-refractivity contribution in [1.29, 1.82) is 0 Å². The lowest BCUT2D eigenvalue weighted by Gasteiger charge is -2.38. The van der Waals surface area contributed by atoms with E-state index in [2.05, 4.69) is 15.9 Å². The molecule has 0 radical (unpaired) electrons. The van der Waals surface area contributed by atoms with Crippen LogP contribution in [0.3, 0.4) is 0 Å². The fourth-order valence-corrected chi connectivity index (χ4v) is 3.19. The highest BCUT2D eigenvalue weighted by atomic mass is 79.9. The molecule has 21 heavy (non-hydrogen) atoms. The van der Waals surface area contributed by atoms with Crippen LogP contribution in [0.15, 0.2) is 22.7 Å². The normalized spacial score (nSPS) is 15.5. The third-order valence-electron chi connectivity index (χ3n) is 3.42. The maximum atomic E-state index is 12.4. The molecular weight excluding hydrogens is 354 g/mol. The monoisotopic (exact) mass is 373 g/mol. The van der Waals surface area contributed by atoms with Gasteiger partial charge >= 0.3 is 6.09 Å². The molecule has 0 atom stereocenters. The maximum Gasteiger partial charge on any atom is 0.410 e. The molecule has 0 saturated heterocycles. The van der Waals surface area contributed by atoms with Gasteiger partial charge in [0.2, 0.25) is 0 Å². The van der Waals surface area contributed by atoms with Crippen LogP contribution in [-0.2, 0) is 11.3 Å². The average Bonchev–Trinajstić information content (AvgIpc) is 2.21. The zero-order valence-corrected chi connectivity index (χ0v) is 15.0. The van der Waals surface area contributed by atoms with Crippen LogP contribution in [0.4, 0.5) is 4.79 Å². The second kappa shape index (κ2) is 6.57. The third kappa shape index (κ3) is 4.89. The van der Waals surface area contributed by atoms with E-state index >= 15 is 0 Å². The Morgan fingerprint density at radius 1 is 1.38 bits per heavy atom. The Hall–Kier alpha value is -0.740. The number of rotatable bonds is 3. The number of hydrogen-bond donors (Lipinski definition) is 0. The number of amides is 1. The van der Waals surface area contributed by atoms with Gasteiger partial charge in [-0.2, -0.15) is 0 Å². The van der Waals surface area contributed by atoms with E-state index in [1.807, 2.05) is 43.9 Å². The maximum absolute atomic E-state index is 12.4. The topological polar surface area (TPSA) is 29.5 Å². The second-order valence-electron chi connectivity index (χ2n) is 6.47. The van der Waals surface area contributed by atoms with Crippen LogP contribution >= 0.6 is 27.5 Å². The molecule has 1 aliphatic carbocycles. The fourth-order valence-electron chi connectivity index (χ4n) is 2.26. The lowest BCUT2D eigenvalue weighted by Crippen LogP contribution is -2.46. The second-order valence-corrected chi connectivity index (χ2v) is 7.82. The van der Waals surface area contributed by atoms with Gasteiger partial charge in [-0.3, -0.25) is 0 Å². The van der Waals surface area contributed by atoms with Crippen molar-refractivity contribution < 1.29 is 9.53 Å². The summed E-state index contributed by atoms with van der Waals surface area (Å²) in [4.78, 5) is 14.3. The number of carbonyl (C=O) groups is 1. The molecule has 1 aliphatic rings. The summed E-state index contributed by atoms with van der Waals surface area (Å²) in [5.41, 5.74) is 0.528. The van der Waals surface area contributed by atoms with E-state index in [4.69, 9.17) is 16.3 Å². The Morgan fingerprint density at radius 3 is 2.52 bits per heavy atom. The molecule has 0 bridgehead atoms. The molecule has 1 amide bonds. The van der Waals surface area contributed by atoms with E-state index in [1.165, 1.54) is 6.42 Å². The van der Waals surface area contributed by atoms with E-state index in [0.717, 1.165) is 22.9 Å². The Morgan fingerprint density at radius 2 is 2.05 bits per heavy atom. The predicted molar refractivity (Wildman–Crippen MR) is 88.6 cm³/mol. The van der Waals surface area contributed by atoms with Crippen LogP contribution in [-0.4, -0.2) is 22.6 Å². The molecule has 1 fully saturated rings. The molecule has 116 valence electrons. The predicted octanol–water partition coefficient (Wildman–Crippen LogP) is 5.39. The van der Waals surface area contributed by atoms with Gasteiger partial charge in [0.05, 0.1) is 0 Å². The largest absolute Gasteiger partial charge is 0.444 e. The first-order valence-electron chi connectivity index (χ1n) is 7.19. The summed E-state index contributed by atoms with van der Waals surface area (Å²) < 4.78 is 6.45. The summed E-state index contributed by atoms with van der Waals surface area (Å²) in [5.74, 6) is 0. The van der Waals surface area contributed by atoms with Gasteiger partial charge in [-0.05, 0) is 63.8 Å². The molecule has 1 aromatic rings. The minimum atomic E-state index is -0.478. The Labute approximate surface area is 139 Å². The lowest BCUT2D eigenvalue weighted by molar-refractivity contribution is 0.00461. The molecule has 5 heteroatoms. The number of benzene rings is 1. The lowest BCUT2D eigenvalue weighted by atomic mass is 9.91. The molecular formula is C16H21BrClNO2. The van der Waals surface area contributed by atoms with Crippen LogP contribution < -0.4 is 0 Å². The van der Waals surface area contributed by atoms with E-state index in [9.17, 15) is 4.79 Å². The van der Waals surface area contributed by atoms with Gasteiger partial charge in [0.15, 0.2) is 0 Å². The SMILES string of the molecule is CC(C)(C)OC(=O)N(Cc1cc(Cl)cc(Br)c1)C1CCC1. The first-order chi connectivity index (χ1) is 9.74. The van der Waals surface area contributed by atoms with Crippen LogP contribution in [0.1, 0.15) is 45.6 Å². The van der Waals surface area contributed by atoms with Crippen molar-refractivity contribution in [3.63, 3.8) is 0 Å². The van der Waals surface area contributed by atoms with E-state index in [1.54, 1.807) is 0 Å². The van der Waals surface area contributed by atoms with Crippen molar-refractivity contribution >= 4 is 33.6 Å². The van der Waals surface area contributed by atoms with Gasteiger partial charge in [0.25, 0.3) is 0 Å². The number of carbonyl (C=O) groups excluding carboxylic acids is 1. The molecule has 1 aromatic carbocycles. The van der Waals surface area contributed by atoms with Crippen LogP contribution in [0, 0.1) is 0 Å². The first-order valence-corrected chi connectivity index (χ1v) is 8.36. The average molecular weight is 375 g/mol. The first kappa shape index (κ1) is 16.6. The number of halogens is 2. The van der Waals surface area contributed by atoms with Crippen molar-refractivity contribution in [2.24, 2.45) is 0 Å². The molecule has 0 N–H and O–H groups in total. The smallest absolute Gasteiger partial charge is 0.410 e. The molecule has 1 saturated carbocycles. The van der Waals surface area contributed by atoms with Crippen molar-refractivity contribution in [3.05, 3.63) is 33.3 Å². The van der Waals surface area contributed by atoms with Crippen molar-refractivity contribution in [3.8, 4) is 0 Å². The summed E-state index contributed by atoms with van der Waals surface area (Å²) in [5, 5.41) is 0.664. The zero-order valence-electron chi connectivity index (χ0n) is 12.7. The number of nitrogens with zero attached hydrogens (tertiary/aromatic N) is 1. The summed E-state index contributed by atoms with van der Waals surface area (Å²) in [7, 11) is 0. The van der Waals surface area contributed by atoms with Gasteiger partial charge in [0.1, 0.15) is 5.60 Å². The van der Waals surface area contributed by atoms with Gasteiger partial charge in [-0.15, -0.1) is 0 Å². The Balaban J connectivity index is 2.14. The minimum absolute atomic E-state index is 0.247. The number of ether oxygens (including phenoxy) is 1. The van der Waals surface area contributed by atoms with Crippen molar-refractivity contribution in [2.45, 2.75) is 58.2 Å². The summed E-state index contributed by atoms with van der Waals surface area (Å²) in [6.07, 6.45) is 3.01. The Bertz CT molecular complexity index is 503. The quantitative estimate of drug-likeness (QED) is 0.709. The van der Waals surface area contributed by atoms with Crippen LogP contribution in [0.2, 0.25) is 5.02 Å². The molecule has 2 rings (SSSR count).